The van der Waals surface area contributed by atoms with E-state index in [1.54, 1.807) is 0 Å². The maximum atomic E-state index is 11.5. The van der Waals surface area contributed by atoms with Crippen molar-refractivity contribution >= 4 is 11.7 Å². The summed E-state index contributed by atoms with van der Waals surface area (Å²) in [5.41, 5.74) is 0. The third-order valence-corrected chi connectivity index (χ3v) is 2.98. The average molecular weight is 226 g/mol. The van der Waals surface area contributed by atoms with Gasteiger partial charge in [0.15, 0.2) is 0 Å². The van der Waals surface area contributed by atoms with E-state index >= 15 is 0 Å². The van der Waals surface area contributed by atoms with Crippen LogP contribution in [0.2, 0.25) is 0 Å². The lowest BCUT2D eigenvalue weighted by atomic mass is 9.99. The average Bonchev–Trinajstić information content (AvgIpc) is 2.24. The molecule has 1 atom stereocenters. The molecule has 0 aromatic carbocycles. The van der Waals surface area contributed by atoms with Gasteiger partial charge in [-0.15, -0.1) is 0 Å². The molecular formula is C12H22N2O2. The molecule has 0 radical (unpaired) electrons. The molecule has 1 amide bonds. The predicted octanol–water partition coefficient (Wildman–Crippen LogP) is 0.814. The Morgan fingerprint density at radius 1 is 1.56 bits per heavy atom. The van der Waals surface area contributed by atoms with Gasteiger partial charge in [0.1, 0.15) is 5.78 Å². The summed E-state index contributed by atoms with van der Waals surface area (Å²) in [5.74, 6) is 0.481. The summed E-state index contributed by atoms with van der Waals surface area (Å²) >= 11 is 0. The molecule has 4 heteroatoms. The van der Waals surface area contributed by atoms with Crippen molar-refractivity contribution in [3.8, 4) is 0 Å². The van der Waals surface area contributed by atoms with Gasteiger partial charge in [-0.2, -0.15) is 0 Å². The number of unbranched alkanes of at least 4 members (excludes halogenated alkanes) is 1. The fraction of sp³-hybridized carbons (Fsp3) is 0.833. The maximum Gasteiger partial charge on any atom is 0.234 e. The van der Waals surface area contributed by atoms with Crippen molar-refractivity contribution in [2.45, 2.75) is 33.1 Å². The fourth-order valence-corrected chi connectivity index (χ4v) is 1.90. The molecule has 1 N–H and O–H groups in total. The van der Waals surface area contributed by atoms with Gasteiger partial charge in [0.25, 0.3) is 0 Å². The summed E-state index contributed by atoms with van der Waals surface area (Å²) in [6.45, 7) is 6.68. The monoisotopic (exact) mass is 226 g/mol. The van der Waals surface area contributed by atoms with Gasteiger partial charge in [-0.05, 0) is 6.42 Å². The summed E-state index contributed by atoms with van der Waals surface area (Å²) in [5, 5.41) is 2.89. The number of carbonyl (C=O) groups is 2. The smallest absolute Gasteiger partial charge is 0.234 e. The molecule has 1 fully saturated rings. The minimum Gasteiger partial charge on any atom is -0.355 e. The molecule has 1 saturated heterocycles. The quantitative estimate of drug-likeness (QED) is 0.706. The van der Waals surface area contributed by atoms with Crippen molar-refractivity contribution in [3.05, 3.63) is 0 Å². The highest BCUT2D eigenvalue weighted by atomic mass is 16.2. The first-order valence-electron chi connectivity index (χ1n) is 6.15. The molecule has 4 nitrogen and oxygen atoms in total. The zero-order chi connectivity index (χ0) is 12.0. The molecule has 1 heterocycles. The van der Waals surface area contributed by atoms with Crippen molar-refractivity contribution in [1.82, 2.24) is 10.2 Å². The van der Waals surface area contributed by atoms with Crippen molar-refractivity contribution in [2.75, 3.05) is 26.2 Å². The standard InChI is InChI=1S/C12H22N2O2/c1-3-4-6-13-12(16)9-14-7-5-11(15)10(2)8-14/h10H,3-9H2,1-2H3,(H,13,16). The highest BCUT2D eigenvalue weighted by Gasteiger charge is 2.24. The van der Waals surface area contributed by atoms with Crippen LogP contribution >= 0.6 is 0 Å². The number of nitrogens with one attached hydrogen (secondary N) is 1. The van der Waals surface area contributed by atoms with Crippen LogP contribution in [0.4, 0.5) is 0 Å². The zero-order valence-electron chi connectivity index (χ0n) is 10.3. The van der Waals surface area contributed by atoms with E-state index in [1.807, 2.05) is 6.92 Å². The molecule has 0 aromatic heterocycles. The first kappa shape index (κ1) is 13.2. The van der Waals surface area contributed by atoms with Gasteiger partial charge in [-0.1, -0.05) is 20.3 Å². The minimum absolute atomic E-state index is 0.0787. The first-order chi connectivity index (χ1) is 7.63. The van der Waals surface area contributed by atoms with Crippen LogP contribution in [0.15, 0.2) is 0 Å². The SMILES string of the molecule is CCCCNC(=O)CN1CCC(=O)C(C)C1. The predicted molar refractivity (Wildman–Crippen MR) is 63.1 cm³/mol. The number of likely N-dealkylation sites (tertiary alicyclic amines) is 1. The summed E-state index contributed by atoms with van der Waals surface area (Å²) in [6, 6.07) is 0. The van der Waals surface area contributed by atoms with Gasteiger partial charge in [0, 0.05) is 32.0 Å². The summed E-state index contributed by atoms with van der Waals surface area (Å²) < 4.78 is 0. The van der Waals surface area contributed by atoms with E-state index in [0.717, 1.165) is 32.5 Å². The Balaban J connectivity index is 2.21. The zero-order valence-corrected chi connectivity index (χ0v) is 10.3. The normalized spacial score (nSPS) is 22.1. The van der Waals surface area contributed by atoms with Crippen molar-refractivity contribution < 1.29 is 9.59 Å². The lowest BCUT2D eigenvalue weighted by Crippen LogP contribution is -2.45. The summed E-state index contributed by atoms with van der Waals surface area (Å²) in [7, 11) is 0. The topological polar surface area (TPSA) is 49.4 Å². The number of ketones is 1. The van der Waals surface area contributed by atoms with Gasteiger partial charge in [0.05, 0.1) is 6.54 Å². The number of carbonyl (C=O) groups excluding carboxylic acids is 2. The van der Waals surface area contributed by atoms with Gasteiger partial charge in [0.2, 0.25) is 5.91 Å². The number of nitrogens with zero attached hydrogens (tertiary/aromatic N) is 1. The maximum absolute atomic E-state index is 11.5. The van der Waals surface area contributed by atoms with Crippen LogP contribution in [0.3, 0.4) is 0 Å². The molecule has 0 spiro atoms. The Morgan fingerprint density at radius 2 is 2.31 bits per heavy atom. The lowest BCUT2D eigenvalue weighted by molar-refractivity contribution is -0.129. The number of rotatable bonds is 5. The second kappa shape index (κ2) is 6.63. The van der Waals surface area contributed by atoms with Crippen molar-refractivity contribution in [2.24, 2.45) is 5.92 Å². The van der Waals surface area contributed by atoms with Crippen LogP contribution in [0, 0.1) is 5.92 Å². The van der Waals surface area contributed by atoms with E-state index in [1.165, 1.54) is 0 Å². The van der Waals surface area contributed by atoms with Crippen LogP contribution < -0.4 is 5.32 Å². The molecular weight excluding hydrogens is 204 g/mol. The van der Waals surface area contributed by atoms with Gasteiger partial charge in [-0.25, -0.2) is 0 Å². The Hall–Kier alpha value is -0.900. The second-order valence-electron chi connectivity index (χ2n) is 4.56. The Bertz CT molecular complexity index is 253. The third kappa shape index (κ3) is 4.31. The summed E-state index contributed by atoms with van der Waals surface area (Å²) in [6.07, 6.45) is 2.71. The van der Waals surface area contributed by atoms with E-state index in [9.17, 15) is 9.59 Å². The second-order valence-corrected chi connectivity index (χ2v) is 4.56. The number of hydrogen-bond acceptors (Lipinski definition) is 3. The van der Waals surface area contributed by atoms with Gasteiger partial charge >= 0.3 is 0 Å². The first-order valence-corrected chi connectivity index (χ1v) is 6.15. The molecule has 1 aliphatic heterocycles. The largest absolute Gasteiger partial charge is 0.355 e. The van der Waals surface area contributed by atoms with Crippen LogP contribution in [0.25, 0.3) is 0 Å². The van der Waals surface area contributed by atoms with E-state index < -0.39 is 0 Å². The molecule has 0 bridgehead atoms. The van der Waals surface area contributed by atoms with E-state index in [-0.39, 0.29) is 11.8 Å². The van der Waals surface area contributed by atoms with Crippen LogP contribution in [0.1, 0.15) is 33.1 Å². The third-order valence-electron chi connectivity index (χ3n) is 2.98. The molecule has 16 heavy (non-hydrogen) atoms. The number of Topliss-reactive ketones (excluding diaryl/α,β-unsaturated/α-hetero) is 1. The molecule has 92 valence electrons. The van der Waals surface area contributed by atoms with E-state index in [0.29, 0.717) is 18.7 Å². The van der Waals surface area contributed by atoms with Gasteiger partial charge < -0.3 is 5.32 Å². The minimum atomic E-state index is 0.0787. The molecule has 0 aliphatic carbocycles. The van der Waals surface area contributed by atoms with Crippen molar-refractivity contribution in [3.63, 3.8) is 0 Å². The van der Waals surface area contributed by atoms with E-state index in [4.69, 9.17) is 0 Å². The van der Waals surface area contributed by atoms with Gasteiger partial charge in [-0.3, -0.25) is 14.5 Å². The number of hydrogen-bond donors (Lipinski definition) is 1. The van der Waals surface area contributed by atoms with E-state index in [2.05, 4.69) is 17.1 Å². The number of piperidine rings is 1. The van der Waals surface area contributed by atoms with Crippen LogP contribution in [-0.4, -0.2) is 42.8 Å². The lowest BCUT2D eigenvalue weighted by Gasteiger charge is -2.29. The molecule has 1 rings (SSSR count). The Kier molecular flexibility index (Phi) is 5.46. The Morgan fingerprint density at radius 3 is 2.94 bits per heavy atom. The van der Waals surface area contributed by atoms with Crippen molar-refractivity contribution in [1.29, 1.82) is 0 Å². The Labute approximate surface area is 97.4 Å². The van der Waals surface area contributed by atoms with Crippen LogP contribution in [-0.2, 0) is 9.59 Å². The number of amides is 1. The molecule has 0 aromatic rings. The fourth-order valence-electron chi connectivity index (χ4n) is 1.90. The molecule has 1 unspecified atom stereocenters. The highest BCUT2D eigenvalue weighted by Crippen LogP contribution is 2.11. The molecule has 1 aliphatic rings. The molecule has 0 saturated carbocycles. The summed E-state index contributed by atoms with van der Waals surface area (Å²) in [4.78, 5) is 24.9. The van der Waals surface area contributed by atoms with Crippen LogP contribution in [0.5, 0.6) is 0 Å². The highest BCUT2D eigenvalue weighted by molar-refractivity contribution is 5.82.